The molecule has 0 atom stereocenters. The fourth-order valence-corrected chi connectivity index (χ4v) is 5.78. The molecule has 0 unspecified atom stereocenters. The van der Waals surface area contributed by atoms with E-state index in [9.17, 15) is 4.79 Å². The average molecular weight is 483 g/mol. The second-order valence-electron chi connectivity index (χ2n) is 7.82. The molecular formula is C24H20Cl2N4OS. The SMILES string of the molecule is Cc1nc2sc3c(c2c(=O)n1/N=C/c1ccc(Cl)cc1Cl)CCN(Cc1ccccc1)C3. The van der Waals surface area contributed by atoms with Gasteiger partial charge in [0.05, 0.1) is 16.6 Å². The number of hydrogen-bond donors (Lipinski definition) is 0. The Balaban J connectivity index is 1.48. The number of aryl methyl sites for hydroxylation is 1. The molecule has 5 rings (SSSR count). The van der Waals surface area contributed by atoms with Crippen molar-refractivity contribution in [3.05, 3.63) is 96.3 Å². The molecule has 0 N–H and O–H groups in total. The van der Waals surface area contributed by atoms with E-state index in [0.717, 1.165) is 36.4 Å². The summed E-state index contributed by atoms with van der Waals surface area (Å²) in [5.41, 5.74) is 2.96. The lowest BCUT2D eigenvalue weighted by atomic mass is 10.0. The van der Waals surface area contributed by atoms with Gasteiger partial charge in [0, 0.05) is 35.1 Å². The normalized spacial score (nSPS) is 14.3. The van der Waals surface area contributed by atoms with Gasteiger partial charge in [0.2, 0.25) is 0 Å². The summed E-state index contributed by atoms with van der Waals surface area (Å²) in [5.74, 6) is 0.545. The van der Waals surface area contributed by atoms with Crippen molar-refractivity contribution in [3.8, 4) is 0 Å². The lowest BCUT2D eigenvalue weighted by Crippen LogP contribution is -2.30. The van der Waals surface area contributed by atoms with Crippen LogP contribution in [0.4, 0.5) is 0 Å². The minimum absolute atomic E-state index is 0.136. The first-order valence-electron chi connectivity index (χ1n) is 10.3. The van der Waals surface area contributed by atoms with E-state index >= 15 is 0 Å². The summed E-state index contributed by atoms with van der Waals surface area (Å²) in [6.45, 7) is 4.43. The molecule has 1 aliphatic rings. The summed E-state index contributed by atoms with van der Waals surface area (Å²) in [6, 6.07) is 15.6. The zero-order chi connectivity index (χ0) is 22.2. The largest absolute Gasteiger partial charge is 0.294 e. The summed E-state index contributed by atoms with van der Waals surface area (Å²) >= 11 is 13.8. The molecule has 162 valence electrons. The zero-order valence-electron chi connectivity index (χ0n) is 17.4. The molecule has 5 nitrogen and oxygen atoms in total. The molecule has 8 heteroatoms. The van der Waals surface area contributed by atoms with E-state index in [1.54, 1.807) is 42.7 Å². The molecule has 1 aliphatic heterocycles. The van der Waals surface area contributed by atoms with Crippen molar-refractivity contribution in [3.63, 3.8) is 0 Å². The first-order valence-corrected chi connectivity index (χ1v) is 11.9. The topological polar surface area (TPSA) is 50.5 Å². The van der Waals surface area contributed by atoms with Gasteiger partial charge in [-0.3, -0.25) is 9.69 Å². The van der Waals surface area contributed by atoms with Gasteiger partial charge < -0.3 is 0 Å². The number of rotatable bonds is 4. The Labute approximate surface area is 199 Å². The number of benzene rings is 2. The molecule has 32 heavy (non-hydrogen) atoms. The number of fused-ring (bicyclic) bond motifs is 3. The van der Waals surface area contributed by atoms with Crippen LogP contribution in [0.3, 0.4) is 0 Å². The smallest absolute Gasteiger partial charge is 0.283 e. The van der Waals surface area contributed by atoms with E-state index < -0.39 is 0 Å². The van der Waals surface area contributed by atoms with E-state index in [0.29, 0.717) is 26.8 Å². The maximum atomic E-state index is 13.4. The van der Waals surface area contributed by atoms with Crippen LogP contribution in [0.2, 0.25) is 10.0 Å². The van der Waals surface area contributed by atoms with Gasteiger partial charge in [-0.1, -0.05) is 59.6 Å². The Morgan fingerprint density at radius 1 is 1.19 bits per heavy atom. The molecule has 4 aromatic rings. The summed E-state index contributed by atoms with van der Waals surface area (Å²) in [5, 5.41) is 6.12. The van der Waals surface area contributed by atoms with Crippen molar-refractivity contribution in [1.82, 2.24) is 14.6 Å². The highest BCUT2D eigenvalue weighted by Crippen LogP contribution is 2.33. The number of aromatic nitrogens is 2. The third-order valence-corrected chi connectivity index (χ3v) is 7.29. The predicted octanol–water partition coefficient (Wildman–Crippen LogP) is 5.51. The number of nitrogens with zero attached hydrogens (tertiary/aromatic N) is 4. The van der Waals surface area contributed by atoms with Crippen LogP contribution < -0.4 is 5.56 Å². The Bertz CT molecular complexity index is 1390. The first-order chi connectivity index (χ1) is 15.5. The molecule has 0 aliphatic carbocycles. The summed E-state index contributed by atoms with van der Waals surface area (Å²) in [6.07, 6.45) is 2.40. The third kappa shape index (κ3) is 4.11. The molecule has 0 fully saturated rings. The molecular weight excluding hydrogens is 463 g/mol. The van der Waals surface area contributed by atoms with Gasteiger partial charge in [-0.25, -0.2) is 4.98 Å². The molecule has 0 amide bonds. The molecule has 0 saturated heterocycles. The monoisotopic (exact) mass is 482 g/mol. The number of hydrogen-bond acceptors (Lipinski definition) is 5. The maximum Gasteiger partial charge on any atom is 0.283 e. The van der Waals surface area contributed by atoms with E-state index in [4.69, 9.17) is 28.2 Å². The third-order valence-electron chi connectivity index (χ3n) is 5.62. The summed E-state index contributed by atoms with van der Waals surface area (Å²) < 4.78 is 1.36. The Hall–Kier alpha value is -2.51. The van der Waals surface area contributed by atoms with Crippen molar-refractivity contribution >= 4 is 51.0 Å². The molecule has 2 aromatic heterocycles. The minimum atomic E-state index is -0.136. The van der Waals surface area contributed by atoms with Crippen molar-refractivity contribution < 1.29 is 0 Å². The number of halogens is 2. The van der Waals surface area contributed by atoms with Gasteiger partial charge in [-0.15, -0.1) is 11.3 Å². The predicted molar refractivity (Wildman–Crippen MR) is 132 cm³/mol. The van der Waals surface area contributed by atoms with Crippen molar-refractivity contribution in [2.45, 2.75) is 26.4 Å². The summed E-state index contributed by atoms with van der Waals surface area (Å²) in [4.78, 5) is 22.5. The second kappa shape index (κ2) is 8.79. The second-order valence-corrected chi connectivity index (χ2v) is 9.74. The number of thiophene rings is 1. The van der Waals surface area contributed by atoms with Crippen LogP contribution in [-0.4, -0.2) is 27.3 Å². The van der Waals surface area contributed by atoms with Crippen molar-refractivity contribution in [2.24, 2.45) is 5.10 Å². The Morgan fingerprint density at radius 2 is 2.00 bits per heavy atom. The van der Waals surface area contributed by atoms with Crippen molar-refractivity contribution in [2.75, 3.05) is 6.54 Å². The van der Waals surface area contributed by atoms with Gasteiger partial charge in [-0.05, 0) is 36.6 Å². The lowest BCUT2D eigenvalue weighted by Gasteiger charge is -2.26. The first kappa shape index (κ1) is 21.3. The van der Waals surface area contributed by atoms with Crippen LogP contribution in [0, 0.1) is 6.92 Å². The van der Waals surface area contributed by atoms with Gasteiger partial charge in [0.15, 0.2) is 0 Å². The molecule has 0 radical (unpaired) electrons. The van der Waals surface area contributed by atoms with E-state index in [1.807, 2.05) is 6.07 Å². The van der Waals surface area contributed by atoms with Gasteiger partial charge in [-0.2, -0.15) is 9.78 Å². The minimum Gasteiger partial charge on any atom is -0.294 e. The fourth-order valence-electron chi connectivity index (χ4n) is 4.03. The van der Waals surface area contributed by atoms with Gasteiger partial charge in [0.1, 0.15) is 10.7 Å². The lowest BCUT2D eigenvalue weighted by molar-refractivity contribution is 0.249. The highest BCUT2D eigenvalue weighted by atomic mass is 35.5. The van der Waals surface area contributed by atoms with Gasteiger partial charge in [0.25, 0.3) is 5.56 Å². The zero-order valence-corrected chi connectivity index (χ0v) is 19.7. The maximum absolute atomic E-state index is 13.4. The van der Waals surface area contributed by atoms with Crippen LogP contribution in [0.5, 0.6) is 0 Å². The van der Waals surface area contributed by atoms with E-state index in [-0.39, 0.29) is 5.56 Å². The Morgan fingerprint density at radius 3 is 2.78 bits per heavy atom. The highest BCUT2D eigenvalue weighted by Gasteiger charge is 2.24. The summed E-state index contributed by atoms with van der Waals surface area (Å²) in [7, 11) is 0. The van der Waals surface area contributed by atoms with Crippen LogP contribution in [-0.2, 0) is 19.5 Å². The molecule has 0 bridgehead atoms. The molecule has 2 aromatic carbocycles. The fraction of sp³-hybridized carbons (Fsp3) is 0.208. The van der Waals surface area contributed by atoms with Crippen LogP contribution in [0.15, 0.2) is 58.4 Å². The van der Waals surface area contributed by atoms with Crippen LogP contribution in [0.1, 0.15) is 27.4 Å². The van der Waals surface area contributed by atoms with Crippen LogP contribution in [0.25, 0.3) is 10.2 Å². The quantitative estimate of drug-likeness (QED) is 0.360. The standard InChI is InChI=1S/C24H20Cl2N4OS/c1-15-28-23-22(24(31)30(15)27-12-17-7-8-18(25)11-20(17)26)19-9-10-29(14-21(19)32-23)13-16-5-3-2-4-6-16/h2-8,11-12H,9-10,13-14H2,1H3/b27-12+. The highest BCUT2D eigenvalue weighted by molar-refractivity contribution is 7.18. The average Bonchev–Trinajstić information content (AvgIpc) is 3.13. The van der Waals surface area contributed by atoms with E-state index in [1.165, 1.54) is 15.1 Å². The molecule has 3 heterocycles. The van der Waals surface area contributed by atoms with Gasteiger partial charge >= 0.3 is 0 Å². The van der Waals surface area contributed by atoms with Crippen LogP contribution >= 0.6 is 34.5 Å². The van der Waals surface area contributed by atoms with E-state index in [2.05, 4.69) is 34.3 Å². The van der Waals surface area contributed by atoms with Crippen molar-refractivity contribution in [1.29, 1.82) is 0 Å². The molecule has 0 spiro atoms. The molecule has 0 saturated carbocycles. The Kier molecular flexibility index (Phi) is 5.86.